The van der Waals surface area contributed by atoms with Crippen LogP contribution in [-0.4, -0.2) is 45.3 Å². The highest BCUT2D eigenvalue weighted by Gasteiger charge is 2.31. The van der Waals surface area contributed by atoms with Gasteiger partial charge in [-0.25, -0.2) is 4.98 Å². The summed E-state index contributed by atoms with van der Waals surface area (Å²) >= 11 is 0. The Hall–Kier alpha value is -3.42. The van der Waals surface area contributed by atoms with Gasteiger partial charge in [0.25, 0.3) is 5.91 Å². The van der Waals surface area contributed by atoms with Crippen LogP contribution in [0.15, 0.2) is 36.3 Å². The van der Waals surface area contributed by atoms with Crippen molar-refractivity contribution < 1.29 is 19.1 Å². The number of imidazole rings is 1. The van der Waals surface area contributed by atoms with Crippen LogP contribution in [0.3, 0.4) is 0 Å². The molecule has 3 rings (SSSR count). The predicted molar refractivity (Wildman–Crippen MR) is 112 cm³/mol. The first-order valence-corrected chi connectivity index (χ1v) is 9.84. The van der Waals surface area contributed by atoms with Gasteiger partial charge in [-0.05, 0) is 31.1 Å². The van der Waals surface area contributed by atoms with Crippen molar-refractivity contribution in [1.82, 2.24) is 19.8 Å². The Morgan fingerprint density at radius 3 is 2.60 bits per heavy atom. The van der Waals surface area contributed by atoms with Gasteiger partial charge in [-0.15, -0.1) is 0 Å². The summed E-state index contributed by atoms with van der Waals surface area (Å²) in [5.41, 5.74) is 2.71. The molecule has 0 aliphatic carbocycles. The second-order valence-electron chi connectivity index (χ2n) is 7.54. The quantitative estimate of drug-likeness (QED) is 0.737. The maximum Gasteiger partial charge on any atom is 0.277 e. The van der Waals surface area contributed by atoms with Gasteiger partial charge in [0.2, 0.25) is 11.8 Å². The molecule has 1 saturated heterocycles. The third-order valence-electron chi connectivity index (χ3n) is 4.79. The van der Waals surface area contributed by atoms with E-state index in [9.17, 15) is 14.4 Å². The number of benzene rings is 1. The second kappa shape index (κ2) is 8.94. The Morgan fingerprint density at radius 1 is 1.27 bits per heavy atom. The summed E-state index contributed by atoms with van der Waals surface area (Å²) in [6, 6.07) is 7.85. The number of amides is 3. The summed E-state index contributed by atoms with van der Waals surface area (Å²) in [6.45, 7) is 8.11. The van der Waals surface area contributed by atoms with E-state index >= 15 is 0 Å². The summed E-state index contributed by atoms with van der Waals surface area (Å²) in [5.74, 6) is -0.489. The first-order chi connectivity index (χ1) is 14.3. The molecule has 2 aromatic rings. The van der Waals surface area contributed by atoms with Crippen molar-refractivity contribution in [1.29, 1.82) is 0 Å². The minimum Gasteiger partial charge on any atom is -0.492 e. The molecule has 158 valence electrons. The number of rotatable bonds is 6. The topological polar surface area (TPSA) is 93.5 Å². The van der Waals surface area contributed by atoms with Gasteiger partial charge in [0.05, 0.1) is 18.6 Å². The molecular formula is C22H26N4O4. The number of imide groups is 1. The third-order valence-corrected chi connectivity index (χ3v) is 4.79. The van der Waals surface area contributed by atoms with Crippen LogP contribution in [0.4, 0.5) is 0 Å². The lowest BCUT2D eigenvalue weighted by Crippen LogP contribution is -2.51. The predicted octanol–water partition coefficient (Wildman–Crippen LogP) is 2.24. The van der Waals surface area contributed by atoms with Crippen LogP contribution in [0.5, 0.6) is 5.75 Å². The normalized spacial score (nSPS) is 15.6. The average molecular weight is 410 g/mol. The number of nitrogens with zero attached hydrogens (tertiary/aromatic N) is 3. The van der Waals surface area contributed by atoms with E-state index in [4.69, 9.17) is 4.74 Å². The Labute approximate surface area is 175 Å². The van der Waals surface area contributed by atoms with Crippen LogP contribution in [0, 0.1) is 6.92 Å². The number of ether oxygens (including phenoxy) is 1. The molecule has 1 N–H and O–H groups in total. The number of aromatic nitrogens is 2. The molecule has 8 heteroatoms. The molecule has 3 amide bonds. The number of hydrogen-bond donors (Lipinski definition) is 1. The molecule has 0 radical (unpaired) electrons. The molecule has 30 heavy (non-hydrogen) atoms. The monoisotopic (exact) mass is 410 g/mol. The molecule has 0 spiro atoms. The van der Waals surface area contributed by atoms with Gasteiger partial charge < -0.3 is 14.6 Å². The molecule has 0 atom stereocenters. The molecule has 1 aromatic carbocycles. The van der Waals surface area contributed by atoms with E-state index in [-0.39, 0.29) is 18.2 Å². The van der Waals surface area contributed by atoms with Crippen molar-refractivity contribution in [3.63, 3.8) is 0 Å². The zero-order chi connectivity index (χ0) is 21.8. The van der Waals surface area contributed by atoms with E-state index in [2.05, 4.69) is 10.3 Å². The fourth-order valence-electron chi connectivity index (χ4n) is 3.31. The molecule has 0 unspecified atom stereocenters. The SMILES string of the molecule is CC(=O)N1CC(=O)NC(=Cc2ncn(CCOc3ccc(C)cc3)c2C(C)C)C1=O. The van der Waals surface area contributed by atoms with Gasteiger partial charge in [-0.3, -0.25) is 19.3 Å². The Kier molecular flexibility index (Phi) is 6.34. The van der Waals surface area contributed by atoms with Gasteiger partial charge in [0.1, 0.15) is 24.6 Å². The second-order valence-corrected chi connectivity index (χ2v) is 7.54. The highest BCUT2D eigenvalue weighted by Crippen LogP contribution is 2.22. The largest absolute Gasteiger partial charge is 0.492 e. The Bertz CT molecular complexity index is 989. The Balaban J connectivity index is 1.79. The van der Waals surface area contributed by atoms with Gasteiger partial charge in [0, 0.05) is 12.6 Å². The van der Waals surface area contributed by atoms with Gasteiger partial charge in [-0.1, -0.05) is 31.5 Å². The van der Waals surface area contributed by atoms with E-state index in [1.165, 1.54) is 18.6 Å². The zero-order valence-electron chi connectivity index (χ0n) is 17.6. The lowest BCUT2D eigenvalue weighted by atomic mass is 10.1. The summed E-state index contributed by atoms with van der Waals surface area (Å²) in [7, 11) is 0. The van der Waals surface area contributed by atoms with Gasteiger partial charge in [0.15, 0.2) is 0 Å². The number of hydrogen-bond acceptors (Lipinski definition) is 5. The average Bonchev–Trinajstić information content (AvgIpc) is 3.08. The van der Waals surface area contributed by atoms with Crippen molar-refractivity contribution in [3.8, 4) is 5.75 Å². The van der Waals surface area contributed by atoms with Crippen LogP contribution in [0.1, 0.15) is 43.6 Å². The fraction of sp³-hybridized carbons (Fsp3) is 0.364. The highest BCUT2D eigenvalue weighted by atomic mass is 16.5. The van der Waals surface area contributed by atoms with E-state index < -0.39 is 17.7 Å². The first kappa shape index (κ1) is 21.3. The molecule has 1 aliphatic heterocycles. The van der Waals surface area contributed by atoms with Crippen molar-refractivity contribution in [2.45, 2.75) is 40.2 Å². The number of nitrogens with one attached hydrogen (secondary N) is 1. The molecular weight excluding hydrogens is 384 g/mol. The number of carbonyl (C=O) groups is 3. The molecule has 2 heterocycles. The lowest BCUT2D eigenvalue weighted by molar-refractivity contribution is -0.147. The minimum absolute atomic E-state index is 0.0458. The number of piperazine rings is 1. The molecule has 1 aliphatic rings. The maximum atomic E-state index is 12.5. The summed E-state index contributed by atoms with van der Waals surface area (Å²) in [6.07, 6.45) is 3.22. The summed E-state index contributed by atoms with van der Waals surface area (Å²) < 4.78 is 7.79. The van der Waals surface area contributed by atoms with Crippen LogP contribution >= 0.6 is 0 Å². The lowest BCUT2D eigenvalue weighted by Gasteiger charge is -2.25. The molecule has 0 saturated carbocycles. The van der Waals surface area contributed by atoms with Crippen molar-refractivity contribution >= 4 is 23.8 Å². The third kappa shape index (κ3) is 4.76. The Morgan fingerprint density at radius 2 is 1.97 bits per heavy atom. The standard InChI is InChI=1S/C22H26N4O4/c1-14(2)21-18(11-19-22(29)26(16(4)27)12-20(28)24-19)23-13-25(21)9-10-30-17-7-5-15(3)6-8-17/h5-8,11,13-14H,9-10,12H2,1-4H3,(H,24,28). The highest BCUT2D eigenvalue weighted by molar-refractivity contribution is 6.12. The molecule has 1 aromatic heterocycles. The fourth-order valence-corrected chi connectivity index (χ4v) is 3.31. The van der Waals surface area contributed by atoms with Crippen LogP contribution in [0.25, 0.3) is 6.08 Å². The van der Waals surface area contributed by atoms with Crippen LogP contribution < -0.4 is 10.1 Å². The van der Waals surface area contributed by atoms with Gasteiger partial charge >= 0.3 is 0 Å². The van der Waals surface area contributed by atoms with Crippen LogP contribution in [0.2, 0.25) is 0 Å². The van der Waals surface area contributed by atoms with Crippen LogP contribution in [-0.2, 0) is 20.9 Å². The maximum absolute atomic E-state index is 12.5. The van der Waals surface area contributed by atoms with E-state index in [1.807, 2.05) is 49.6 Å². The first-order valence-electron chi connectivity index (χ1n) is 9.84. The van der Waals surface area contributed by atoms with Gasteiger partial charge in [-0.2, -0.15) is 0 Å². The molecule has 0 bridgehead atoms. The number of aryl methyl sites for hydroxylation is 1. The summed E-state index contributed by atoms with van der Waals surface area (Å²) in [4.78, 5) is 41.4. The van der Waals surface area contributed by atoms with E-state index in [1.54, 1.807) is 6.33 Å². The van der Waals surface area contributed by atoms with Crippen molar-refractivity contribution in [2.75, 3.05) is 13.2 Å². The minimum atomic E-state index is -0.533. The summed E-state index contributed by atoms with van der Waals surface area (Å²) in [5, 5.41) is 2.55. The zero-order valence-corrected chi connectivity index (χ0v) is 17.6. The van der Waals surface area contributed by atoms with E-state index in [0.29, 0.717) is 18.8 Å². The number of carbonyl (C=O) groups excluding carboxylic acids is 3. The molecule has 1 fully saturated rings. The molecule has 8 nitrogen and oxygen atoms in total. The van der Waals surface area contributed by atoms with Crippen molar-refractivity contribution in [2.24, 2.45) is 0 Å². The smallest absolute Gasteiger partial charge is 0.277 e. The van der Waals surface area contributed by atoms with E-state index in [0.717, 1.165) is 16.3 Å². The van der Waals surface area contributed by atoms with Crippen molar-refractivity contribution in [3.05, 3.63) is 53.2 Å².